The molecule has 1 aromatic carbocycles. The maximum Gasteiger partial charge on any atom is 0.0558 e. The third kappa shape index (κ3) is 4.30. The van der Waals surface area contributed by atoms with Gasteiger partial charge in [0.2, 0.25) is 0 Å². The van der Waals surface area contributed by atoms with Crippen molar-refractivity contribution in [3.8, 4) is 0 Å². The van der Waals surface area contributed by atoms with E-state index < -0.39 is 0 Å². The molecular weight excluding hydrogens is 248 g/mol. The molecule has 0 radical (unpaired) electrons. The number of hydrogen-bond donors (Lipinski definition) is 1. The zero-order chi connectivity index (χ0) is 14.4. The summed E-state index contributed by atoms with van der Waals surface area (Å²) in [5, 5.41) is 9.26. The van der Waals surface area contributed by atoms with E-state index in [1.165, 1.54) is 24.9 Å². The molecule has 1 aromatic rings. The lowest BCUT2D eigenvalue weighted by Gasteiger charge is -2.41. The SMILES string of the molecule is CC(C)N(CCO)[C@H]1CCCN(Cc2ccccc2)C1. The summed E-state index contributed by atoms with van der Waals surface area (Å²) in [6.45, 7) is 8.86. The molecule has 112 valence electrons. The number of benzene rings is 1. The largest absolute Gasteiger partial charge is 0.395 e. The third-order valence-corrected chi connectivity index (χ3v) is 4.22. The maximum absolute atomic E-state index is 9.26. The van der Waals surface area contributed by atoms with E-state index in [4.69, 9.17) is 0 Å². The Hall–Kier alpha value is -0.900. The fourth-order valence-electron chi connectivity index (χ4n) is 3.26. The van der Waals surface area contributed by atoms with Crippen LogP contribution in [0.5, 0.6) is 0 Å². The Morgan fingerprint density at radius 2 is 2.05 bits per heavy atom. The Balaban J connectivity index is 1.93. The molecule has 2 rings (SSSR count). The first-order chi connectivity index (χ1) is 9.70. The molecule has 0 aromatic heterocycles. The molecule has 0 spiro atoms. The molecule has 20 heavy (non-hydrogen) atoms. The second-order valence-corrected chi connectivity index (χ2v) is 6.07. The van der Waals surface area contributed by atoms with Crippen LogP contribution in [0.1, 0.15) is 32.3 Å². The smallest absolute Gasteiger partial charge is 0.0558 e. The molecule has 3 heteroatoms. The summed E-state index contributed by atoms with van der Waals surface area (Å²) in [6, 6.07) is 11.8. The molecule has 1 saturated heterocycles. The van der Waals surface area contributed by atoms with Crippen LogP contribution < -0.4 is 0 Å². The van der Waals surface area contributed by atoms with E-state index in [-0.39, 0.29) is 6.61 Å². The average Bonchev–Trinajstić information content (AvgIpc) is 2.46. The molecular formula is C17H28N2O. The predicted octanol–water partition coefficient (Wildman–Crippen LogP) is 2.35. The molecule has 1 fully saturated rings. The lowest BCUT2D eigenvalue weighted by molar-refractivity contribution is 0.0575. The fourth-order valence-corrected chi connectivity index (χ4v) is 3.26. The van der Waals surface area contributed by atoms with Crippen molar-refractivity contribution in [2.24, 2.45) is 0 Å². The normalized spacial score (nSPS) is 20.8. The highest BCUT2D eigenvalue weighted by Crippen LogP contribution is 2.19. The highest BCUT2D eigenvalue weighted by molar-refractivity contribution is 5.14. The highest BCUT2D eigenvalue weighted by Gasteiger charge is 2.26. The lowest BCUT2D eigenvalue weighted by Crippen LogP contribution is -2.51. The predicted molar refractivity (Wildman–Crippen MR) is 83.7 cm³/mol. The zero-order valence-electron chi connectivity index (χ0n) is 12.8. The first-order valence-electron chi connectivity index (χ1n) is 7.83. The van der Waals surface area contributed by atoms with E-state index in [1.54, 1.807) is 0 Å². The van der Waals surface area contributed by atoms with Crippen LogP contribution in [0.2, 0.25) is 0 Å². The summed E-state index contributed by atoms with van der Waals surface area (Å²) in [6.07, 6.45) is 2.51. The van der Waals surface area contributed by atoms with Gasteiger partial charge in [-0.1, -0.05) is 30.3 Å². The summed E-state index contributed by atoms with van der Waals surface area (Å²) >= 11 is 0. The monoisotopic (exact) mass is 276 g/mol. The van der Waals surface area contributed by atoms with Gasteiger partial charge in [-0.05, 0) is 38.8 Å². The second-order valence-electron chi connectivity index (χ2n) is 6.07. The molecule has 0 amide bonds. The van der Waals surface area contributed by atoms with Crippen molar-refractivity contribution in [1.29, 1.82) is 0 Å². The quantitative estimate of drug-likeness (QED) is 0.864. The lowest BCUT2D eigenvalue weighted by atomic mass is 10.0. The maximum atomic E-state index is 9.26. The number of aliphatic hydroxyl groups excluding tert-OH is 1. The van der Waals surface area contributed by atoms with Gasteiger partial charge in [-0.15, -0.1) is 0 Å². The molecule has 0 unspecified atom stereocenters. The second kappa shape index (κ2) is 7.77. The third-order valence-electron chi connectivity index (χ3n) is 4.22. The summed E-state index contributed by atoms with van der Waals surface area (Å²) in [7, 11) is 0. The van der Waals surface area contributed by atoms with Gasteiger partial charge < -0.3 is 5.11 Å². The number of hydrogen-bond acceptors (Lipinski definition) is 3. The molecule has 0 aliphatic carbocycles. The van der Waals surface area contributed by atoms with Gasteiger partial charge in [0, 0.05) is 31.7 Å². The first-order valence-corrected chi connectivity index (χ1v) is 7.83. The van der Waals surface area contributed by atoms with Crippen LogP contribution in [-0.4, -0.2) is 53.2 Å². The van der Waals surface area contributed by atoms with Gasteiger partial charge in [0.05, 0.1) is 6.61 Å². The fraction of sp³-hybridized carbons (Fsp3) is 0.647. The van der Waals surface area contributed by atoms with Crippen molar-refractivity contribution in [2.75, 3.05) is 26.2 Å². The number of piperidine rings is 1. The molecule has 1 aliphatic heterocycles. The summed E-state index contributed by atoms with van der Waals surface area (Å²) in [5.74, 6) is 0. The van der Waals surface area contributed by atoms with Crippen molar-refractivity contribution in [3.63, 3.8) is 0 Å². The van der Waals surface area contributed by atoms with Crippen molar-refractivity contribution < 1.29 is 5.11 Å². The number of likely N-dealkylation sites (tertiary alicyclic amines) is 1. The number of nitrogens with zero attached hydrogens (tertiary/aromatic N) is 2. The molecule has 1 aliphatic rings. The van der Waals surface area contributed by atoms with Crippen LogP contribution in [-0.2, 0) is 6.54 Å². The van der Waals surface area contributed by atoms with Gasteiger partial charge >= 0.3 is 0 Å². The van der Waals surface area contributed by atoms with Gasteiger partial charge in [0.25, 0.3) is 0 Å². The Labute approximate surface area is 123 Å². The van der Waals surface area contributed by atoms with Crippen LogP contribution in [0.25, 0.3) is 0 Å². The van der Waals surface area contributed by atoms with Crippen LogP contribution in [0.3, 0.4) is 0 Å². The average molecular weight is 276 g/mol. The Morgan fingerprint density at radius 1 is 1.30 bits per heavy atom. The van der Waals surface area contributed by atoms with Crippen LogP contribution in [0, 0.1) is 0 Å². The van der Waals surface area contributed by atoms with E-state index in [1.807, 2.05) is 0 Å². The highest BCUT2D eigenvalue weighted by atomic mass is 16.3. The minimum Gasteiger partial charge on any atom is -0.395 e. The van der Waals surface area contributed by atoms with Gasteiger partial charge in [-0.3, -0.25) is 9.80 Å². The van der Waals surface area contributed by atoms with Crippen molar-refractivity contribution in [1.82, 2.24) is 9.80 Å². The standard InChI is InChI=1S/C17H28N2O/c1-15(2)19(11-12-20)17-9-6-10-18(14-17)13-16-7-4-3-5-8-16/h3-5,7-8,15,17,20H,6,9-14H2,1-2H3/t17-/m0/s1. The summed E-state index contributed by atoms with van der Waals surface area (Å²) in [5.41, 5.74) is 1.39. The van der Waals surface area contributed by atoms with Gasteiger partial charge in [0.1, 0.15) is 0 Å². The van der Waals surface area contributed by atoms with Gasteiger partial charge in [0.15, 0.2) is 0 Å². The van der Waals surface area contributed by atoms with Gasteiger partial charge in [-0.25, -0.2) is 0 Å². The van der Waals surface area contributed by atoms with Crippen LogP contribution in [0.15, 0.2) is 30.3 Å². The molecule has 1 heterocycles. The van der Waals surface area contributed by atoms with E-state index >= 15 is 0 Å². The number of aliphatic hydroxyl groups is 1. The van der Waals surface area contributed by atoms with E-state index in [0.29, 0.717) is 12.1 Å². The van der Waals surface area contributed by atoms with E-state index in [2.05, 4.69) is 54.0 Å². The minimum absolute atomic E-state index is 0.257. The molecule has 3 nitrogen and oxygen atoms in total. The minimum atomic E-state index is 0.257. The first kappa shape index (κ1) is 15.5. The topological polar surface area (TPSA) is 26.7 Å². The van der Waals surface area contributed by atoms with Crippen molar-refractivity contribution in [2.45, 2.75) is 45.3 Å². The Morgan fingerprint density at radius 3 is 2.70 bits per heavy atom. The molecule has 1 N–H and O–H groups in total. The molecule has 0 bridgehead atoms. The molecule has 0 saturated carbocycles. The Bertz CT molecular complexity index is 380. The van der Waals surface area contributed by atoms with Crippen LogP contribution >= 0.6 is 0 Å². The van der Waals surface area contributed by atoms with E-state index in [9.17, 15) is 5.11 Å². The number of rotatable bonds is 6. The summed E-state index contributed by atoms with van der Waals surface area (Å²) in [4.78, 5) is 5.01. The van der Waals surface area contributed by atoms with E-state index in [0.717, 1.165) is 19.6 Å². The van der Waals surface area contributed by atoms with Crippen molar-refractivity contribution in [3.05, 3.63) is 35.9 Å². The molecule has 1 atom stereocenters. The van der Waals surface area contributed by atoms with Crippen LogP contribution in [0.4, 0.5) is 0 Å². The zero-order valence-corrected chi connectivity index (χ0v) is 12.8. The summed E-state index contributed by atoms with van der Waals surface area (Å²) < 4.78 is 0. The Kier molecular flexibility index (Phi) is 6.02. The van der Waals surface area contributed by atoms with Crippen molar-refractivity contribution >= 4 is 0 Å². The van der Waals surface area contributed by atoms with Gasteiger partial charge in [-0.2, -0.15) is 0 Å².